The number of rotatable bonds is 4. The molecule has 1 aromatic rings. The average molecular weight is 222 g/mol. The molecule has 0 amide bonds. The molecule has 0 heterocycles. The lowest BCUT2D eigenvalue weighted by Gasteiger charge is -2.06. The van der Waals surface area contributed by atoms with Gasteiger partial charge in [-0.15, -0.1) is 0 Å². The van der Waals surface area contributed by atoms with Crippen molar-refractivity contribution >= 4 is 17.6 Å². The first kappa shape index (κ1) is 12.1. The third-order valence-corrected chi connectivity index (χ3v) is 2.52. The van der Waals surface area contributed by atoms with Crippen molar-refractivity contribution in [2.45, 2.75) is 20.3 Å². The lowest BCUT2D eigenvalue weighted by molar-refractivity contribution is 0.647. The zero-order valence-electron chi connectivity index (χ0n) is 9.23. The van der Waals surface area contributed by atoms with E-state index in [4.69, 9.17) is 10.9 Å². The summed E-state index contributed by atoms with van der Waals surface area (Å²) in [6.45, 7) is 4.43. The van der Waals surface area contributed by atoms with Gasteiger partial charge in [-0.2, -0.15) is 0 Å². The van der Waals surface area contributed by atoms with Gasteiger partial charge in [0, 0.05) is 11.1 Å². The molecule has 1 rings (SSSR count). The quantitative estimate of drug-likeness (QED) is 0.770. The standard InChI is InChI=1S/C12H18N2S/c1-9(2)7-10-3-5-11(6-4-10)12(13)8-15-14/h3-6,8-9H,7,13-14H2,1-2H3/b12-8-. The lowest BCUT2D eigenvalue weighted by Crippen LogP contribution is -1.98. The maximum Gasteiger partial charge on any atom is 0.0464 e. The van der Waals surface area contributed by atoms with Crippen molar-refractivity contribution in [2.24, 2.45) is 16.8 Å². The topological polar surface area (TPSA) is 52.0 Å². The van der Waals surface area contributed by atoms with Crippen molar-refractivity contribution in [3.63, 3.8) is 0 Å². The van der Waals surface area contributed by atoms with Crippen molar-refractivity contribution in [3.05, 3.63) is 40.8 Å². The predicted octanol–water partition coefficient (Wildman–Crippen LogP) is 2.75. The molecule has 0 fully saturated rings. The van der Waals surface area contributed by atoms with Crippen molar-refractivity contribution in [2.75, 3.05) is 0 Å². The Labute approximate surface area is 95.9 Å². The maximum atomic E-state index is 5.82. The highest BCUT2D eigenvalue weighted by atomic mass is 32.2. The summed E-state index contributed by atoms with van der Waals surface area (Å²) < 4.78 is 0. The molecule has 4 N–H and O–H groups in total. The minimum Gasteiger partial charge on any atom is -0.398 e. The van der Waals surface area contributed by atoms with Crippen molar-refractivity contribution < 1.29 is 0 Å². The Kier molecular flexibility index (Phi) is 4.72. The first-order chi connectivity index (χ1) is 7.13. The van der Waals surface area contributed by atoms with Crippen LogP contribution in [0.2, 0.25) is 0 Å². The SMILES string of the molecule is CC(C)Cc1ccc(/C(N)=C/SN)cc1. The molecular formula is C12H18N2S. The fraction of sp³-hybridized carbons (Fsp3) is 0.333. The summed E-state index contributed by atoms with van der Waals surface area (Å²) in [5.74, 6) is 0.684. The fourth-order valence-corrected chi connectivity index (χ4v) is 1.73. The van der Waals surface area contributed by atoms with Crippen LogP contribution < -0.4 is 10.9 Å². The van der Waals surface area contributed by atoms with E-state index < -0.39 is 0 Å². The number of hydrogen-bond acceptors (Lipinski definition) is 3. The highest BCUT2D eigenvalue weighted by Gasteiger charge is 1.99. The molecule has 0 unspecified atom stereocenters. The van der Waals surface area contributed by atoms with Gasteiger partial charge in [-0.1, -0.05) is 50.1 Å². The molecule has 0 saturated heterocycles. The van der Waals surface area contributed by atoms with E-state index in [1.54, 1.807) is 5.41 Å². The fourth-order valence-electron chi connectivity index (χ4n) is 1.45. The molecule has 15 heavy (non-hydrogen) atoms. The Balaban J connectivity index is 2.76. The molecule has 82 valence electrons. The highest BCUT2D eigenvalue weighted by Crippen LogP contribution is 2.14. The normalized spacial score (nSPS) is 12.1. The van der Waals surface area contributed by atoms with E-state index in [0.717, 1.165) is 29.6 Å². The van der Waals surface area contributed by atoms with Crippen molar-refractivity contribution in [1.82, 2.24) is 0 Å². The Bertz CT molecular complexity index is 328. The van der Waals surface area contributed by atoms with Crippen molar-refractivity contribution in [1.29, 1.82) is 0 Å². The summed E-state index contributed by atoms with van der Waals surface area (Å²) in [5.41, 5.74) is 8.92. The van der Waals surface area contributed by atoms with Crippen LogP contribution in [0.15, 0.2) is 29.7 Å². The summed E-state index contributed by atoms with van der Waals surface area (Å²) in [7, 11) is 0. The molecule has 3 heteroatoms. The zero-order valence-corrected chi connectivity index (χ0v) is 10.1. The Morgan fingerprint density at radius 2 is 1.93 bits per heavy atom. The molecule has 0 saturated carbocycles. The molecular weight excluding hydrogens is 204 g/mol. The van der Waals surface area contributed by atoms with E-state index in [-0.39, 0.29) is 0 Å². The summed E-state index contributed by atoms with van der Waals surface area (Å²) in [4.78, 5) is 0. The molecule has 1 aromatic carbocycles. The Morgan fingerprint density at radius 1 is 1.33 bits per heavy atom. The maximum absolute atomic E-state index is 5.82. The largest absolute Gasteiger partial charge is 0.398 e. The molecule has 0 radical (unpaired) electrons. The number of hydrogen-bond donors (Lipinski definition) is 2. The van der Waals surface area contributed by atoms with Crippen molar-refractivity contribution in [3.8, 4) is 0 Å². The van der Waals surface area contributed by atoms with Crippen LogP contribution >= 0.6 is 11.9 Å². The van der Waals surface area contributed by atoms with Crippen LogP contribution in [0.25, 0.3) is 5.70 Å². The van der Waals surface area contributed by atoms with E-state index in [9.17, 15) is 0 Å². The van der Waals surface area contributed by atoms with Gasteiger partial charge in [0.1, 0.15) is 0 Å². The highest BCUT2D eigenvalue weighted by molar-refractivity contribution is 8.00. The van der Waals surface area contributed by atoms with E-state index in [1.807, 2.05) is 12.1 Å². The summed E-state index contributed by atoms with van der Waals surface area (Å²) in [5, 5.41) is 7.07. The minimum atomic E-state index is 0.684. The number of benzene rings is 1. The van der Waals surface area contributed by atoms with Crippen LogP contribution in [-0.2, 0) is 6.42 Å². The Morgan fingerprint density at radius 3 is 2.40 bits per heavy atom. The summed E-state index contributed by atoms with van der Waals surface area (Å²) in [6, 6.07) is 8.33. The summed E-state index contributed by atoms with van der Waals surface area (Å²) in [6.07, 6.45) is 1.11. The third-order valence-electron chi connectivity index (χ3n) is 2.13. The van der Waals surface area contributed by atoms with Gasteiger partial charge in [0.25, 0.3) is 0 Å². The molecule has 2 nitrogen and oxygen atoms in total. The van der Waals surface area contributed by atoms with Crippen LogP contribution in [0.5, 0.6) is 0 Å². The first-order valence-electron chi connectivity index (χ1n) is 5.04. The van der Waals surface area contributed by atoms with E-state index in [1.165, 1.54) is 5.56 Å². The second kappa shape index (κ2) is 5.83. The number of nitrogens with two attached hydrogens (primary N) is 2. The first-order valence-corrected chi connectivity index (χ1v) is 5.98. The second-order valence-electron chi connectivity index (χ2n) is 4.00. The lowest BCUT2D eigenvalue weighted by atomic mass is 10.0. The molecule has 0 aliphatic carbocycles. The van der Waals surface area contributed by atoms with Crippen LogP contribution in [-0.4, -0.2) is 0 Å². The molecule has 0 atom stereocenters. The van der Waals surface area contributed by atoms with Gasteiger partial charge in [0.15, 0.2) is 0 Å². The molecule has 0 aliphatic heterocycles. The van der Waals surface area contributed by atoms with Crippen LogP contribution in [0, 0.1) is 5.92 Å². The van der Waals surface area contributed by atoms with Gasteiger partial charge in [0.2, 0.25) is 0 Å². The van der Waals surface area contributed by atoms with Crippen LogP contribution in [0.4, 0.5) is 0 Å². The van der Waals surface area contributed by atoms with Gasteiger partial charge >= 0.3 is 0 Å². The molecule has 0 aromatic heterocycles. The second-order valence-corrected chi connectivity index (χ2v) is 4.51. The monoisotopic (exact) mass is 222 g/mol. The van der Waals surface area contributed by atoms with Crippen LogP contribution in [0.1, 0.15) is 25.0 Å². The third kappa shape index (κ3) is 3.98. The van der Waals surface area contributed by atoms with Crippen LogP contribution in [0.3, 0.4) is 0 Å². The Hall–Kier alpha value is -0.930. The van der Waals surface area contributed by atoms with Gasteiger partial charge in [-0.3, -0.25) is 5.14 Å². The van der Waals surface area contributed by atoms with Gasteiger partial charge in [-0.05, 0) is 23.5 Å². The summed E-state index contributed by atoms with van der Waals surface area (Å²) >= 11 is 1.13. The van der Waals surface area contributed by atoms with E-state index >= 15 is 0 Å². The zero-order chi connectivity index (χ0) is 11.3. The van der Waals surface area contributed by atoms with Gasteiger partial charge in [0.05, 0.1) is 0 Å². The van der Waals surface area contributed by atoms with Gasteiger partial charge in [-0.25, -0.2) is 0 Å². The van der Waals surface area contributed by atoms with E-state index in [2.05, 4.69) is 26.0 Å². The predicted molar refractivity (Wildman–Crippen MR) is 68.9 cm³/mol. The van der Waals surface area contributed by atoms with Gasteiger partial charge < -0.3 is 5.73 Å². The minimum absolute atomic E-state index is 0.684. The molecule has 0 bridgehead atoms. The molecule has 0 aliphatic rings. The molecule has 0 spiro atoms. The smallest absolute Gasteiger partial charge is 0.0464 e. The average Bonchev–Trinajstić information content (AvgIpc) is 2.18. The van der Waals surface area contributed by atoms with E-state index in [0.29, 0.717) is 5.92 Å².